The molecule has 0 bridgehead atoms. The Kier molecular flexibility index (Phi) is 9.65. The van der Waals surface area contributed by atoms with Crippen LogP contribution >= 0.6 is 23.1 Å². The first-order chi connectivity index (χ1) is 15.9. The number of carboxylic acids is 2. The zero-order valence-electron chi connectivity index (χ0n) is 17.8. The number of anilines is 1. The van der Waals surface area contributed by atoms with Gasteiger partial charge in [-0.15, -0.1) is 23.1 Å². The number of alkyl halides is 1. The zero-order valence-corrected chi connectivity index (χ0v) is 22.2. The van der Waals surface area contributed by atoms with E-state index in [1.165, 1.54) is 5.38 Å². The number of carbonyl (C=O) groups excluding carboxylic acids is 3. The number of nitrogen functional groups attached to an aromatic ring is 1. The van der Waals surface area contributed by atoms with Gasteiger partial charge in [0.25, 0.3) is 11.8 Å². The number of oxime groups is 1. The molecule has 2 aliphatic rings. The Hall–Kier alpha value is -2.25. The molecule has 2 aliphatic heterocycles. The molecule has 2 amide bonds. The molecule has 3 heterocycles. The van der Waals surface area contributed by atoms with Crippen LogP contribution in [0.1, 0.15) is 5.69 Å². The van der Waals surface area contributed by atoms with Crippen LogP contribution in [-0.4, -0.2) is 88.4 Å². The van der Waals surface area contributed by atoms with E-state index in [0.717, 1.165) is 28.0 Å². The molecule has 184 valence electrons. The average Bonchev–Trinajstić information content (AvgIpc) is 3.19. The third kappa shape index (κ3) is 6.50. The van der Waals surface area contributed by atoms with Gasteiger partial charge in [0.1, 0.15) is 17.1 Å². The number of nitrogens with one attached hydrogen (secondary N) is 1. The van der Waals surface area contributed by atoms with E-state index in [2.05, 4.69) is 20.3 Å². The van der Waals surface area contributed by atoms with Crippen molar-refractivity contribution in [3.63, 3.8) is 0 Å². The first-order valence-corrected chi connectivity index (χ1v) is 12.8. The number of thioether (sulfide) groups is 1. The van der Waals surface area contributed by atoms with Gasteiger partial charge >= 0.3 is 35.5 Å². The molecule has 14 nitrogen and oxygen atoms in total. The molecule has 0 aliphatic carbocycles. The van der Waals surface area contributed by atoms with Gasteiger partial charge in [0.15, 0.2) is 26.7 Å². The van der Waals surface area contributed by atoms with Gasteiger partial charge in [-0.05, 0) is 5.57 Å². The standard InChI is InChI=1S/C16H16FN5O9S3.Na/c17-5-34(29,30)4-6-2-32-14-10(13(26)22(14)11(6)15(27)28)20-12(25)9(21-31-1-8(23)24)7-3-33-16(18)19-7;/h3,10,14H,1-2,4-5H2,(H2,18,19)(H,20,25)(H,23,24)(H,27,28);/q;+1/p-1/b21-9-;/t10?,14-;/m1./s1. The van der Waals surface area contributed by atoms with Crippen LogP contribution in [0.2, 0.25) is 0 Å². The maximum atomic E-state index is 12.8. The molecule has 0 saturated carbocycles. The van der Waals surface area contributed by atoms with Gasteiger partial charge in [0.2, 0.25) is 6.61 Å². The van der Waals surface area contributed by atoms with Crippen LogP contribution < -0.4 is 45.7 Å². The summed E-state index contributed by atoms with van der Waals surface area (Å²) in [6.45, 7) is -0.866. The fourth-order valence-electron chi connectivity index (χ4n) is 3.05. The Labute approximate surface area is 227 Å². The second kappa shape index (κ2) is 11.7. The number of β-lactam (4-membered cyclic amide) rings is 1. The fraction of sp³-hybridized carbons (Fsp3) is 0.375. The number of amides is 2. The molecule has 3 rings (SSSR count). The summed E-state index contributed by atoms with van der Waals surface area (Å²) in [4.78, 5) is 56.9. The average molecular weight is 560 g/mol. The number of rotatable bonds is 10. The number of halogens is 1. The second-order valence-electron chi connectivity index (χ2n) is 6.78. The normalized spacial score (nSPS) is 19.9. The number of carbonyl (C=O) groups is 4. The summed E-state index contributed by atoms with van der Waals surface area (Å²) < 4.78 is 35.9. The summed E-state index contributed by atoms with van der Waals surface area (Å²) in [6, 6.07) is -2.95. The van der Waals surface area contributed by atoms with Gasteiger partial charge < -0.3 is 30.9 Å². The van der Waals surface area contributed by atoms with Crippen LogP contribution in [0.3, 0.4) is 0 Å². The predicted molar refractivity (Wildman–Crippen MR) is 113 cm³/mol. The molecule has 4 N–H and O–H groups in total. The Morgan fingerprint density at radius 1 is 1.43 bits per heavy atom. The molecule has 35 heavy (non-hydrogen) atoms. The number of hydrogen-bond donors (Lipinski definition) is 3. The summed E-state index contributed by atoms with van der Waals surface area (Å²) >= 11 is 1.91. The molecular formula is C16H15FN5NaO9S3. The van der Waals surface area contributed by atoms with Crippen molar-refractivity contribution >= 4 is 67.5 Å². The SMILES string of the molecule is Nc1nc(/C(=N/OCC(=O)O)C(=O)NC2C(=O)N3C(C(=O)[O-])=C(CS(=O)(=O)CF)CS[C@H]23)cs1.[Na+]. The number of sulfone groups is 1. The number of nitrogens with two attached hydrogens (primary N) is 1. The number of aliphatic carboxylic acids is 2. The van der Waals surface area contributed by atoms with Crippen LogP contribution in [-0.2, 0) is 33.9 Å². The van der Waals surface area contributed by atoms with E-state index in [4.69, 9.17) is 10.8 Å². The largest absolute Gasteiger partial charge is 1.00 e. The van der Waals surface area contributed by atoms with Crippen LogP contribution in [0.5, 0.6) is 0 Å². The maximum absolute atomic E-state index is 12.8. The molecular weight excluding hydrogens is 544 g/mol. The second-order valence-corrected chi connectivity index (χ2v) is 10.8. The van der Waals surface area contributed by atoms with Crippen molar-refractivity contribution in [1.82, 2.24) is 15.2 Å². The van der Waals surface area contributed by atoms with Gasteiger partial charge in [-0.1, -0.05) is 5.16 Å². The minimum absolute atomic E-state index is 0. The number of hydrogen-bond acceptors (Lipinski definition) is 13. The predicted octanol–water partition coefficient (Wildman–Crippen LogP) is -5.72. The summed E-state index contributed by atoms with van der Waals surface area (Å²) in [7, 11) is -4.23. The minimum atomic E-state index is -4.23. The van der Waals surface area contributed by atoms with E-state index in [0.29, 0.717) is 0 Å². The van der Waals surface area contributed by atoms with Crippen molar-refractivity contribution in [3.8, 4) is 0 Å². The van der Waals surface area contributed by atoms with Crippen LogP contribution in [0.4, 0.5) is 9.52 Å². The quantitative estimate of drug-likeness (QED) is 0.106. The molecule has 2 atom stereocenters. The summed E-state index contributed by atoms with van der Waals surface area (Å²) in [6.07, 6.45) is 0. The Morgan fingerprint density at radius 2 is 2.11 bits per heavy atom. The number of carboxylic acid groups (broad SMARTS) is 2. The van der Waals surface area contributed by atoms with E-state index in [1.54, 1.807) is 0 Å². The van der Waals surface area contributed by atoms with E-state index in [9.17, 15) is 37.1 Å². The monoisotopic (exact) mass is 559 g/mol. The van der Waals surface area contributed by atoms with Gasteiger partial charge in [0.05, 0.1) is 17.4 Å². The summed E-state index contributed by atoms with van der Waals surface area (Å²) in [5, 5.41) is 26.6. The van der Waals surface area contributed by atoms with Crippen LogP contribution in [0.15, 0.2) is 21.8 Å². The first-order valence-electron chi connectivity index (χ1n) is 9.03. The molecule has 1 unspecified atom stereocenters. The van der Waals surface area contributed by atoms with Crippen molar-refractivity contribution < 1.29 is 76.6 Å². The van der Waals surface area contributed by atoms with E-state index in [1.807, 2.05) is 0 Å². The van der Waals surface area contributed by atoms with E-state index >= 15 is 0 Å². The third-order valence-electron chi connectivity index (χ3n) is 4.41. The number of thiazole rings is 1. The van der Waals surface area contributed by atoms with Crippen LogP contribution in [0, 0.1) is 0 Å². The molecule has 0 spiro atoms. The Morgan fingerprint density at radius 3 is 2.66 bits per heavy atom. The molecule has 0 radical (unpaired) electrons. The zero-order chi connectivity index (χ0) is 25.2. The summed E-state index contributed by atoms with van der Waals surface area (Å²) in [5.41, 5.74) is 4.10. The number of fused-ring (bicyclic) bond motifs is 1. The van der Waals surface area contributed by atoms with Crippen molar-refractivity contribution in [2.24, 2.45) is 5.16 Å². The van der Waals surface area contributed by atoms with Crippen molar-refractivity contribution in [2.75, 3.05) is 29.9 Å². The van der Waals surface area contributed by atoms with Crippen molar-refractivity contribution in [1.29, 1.82) is 0 Å². The van der Waals surface area contributed by atoms with Crippen LogP contribution in [0.25, 0.3) is 0 Å². The Balaban J connectivity index is 0.00000432. The van der Waals surface area contributed by atoms with Gasteiger partial charge in [-0.2, -0.15) is 0 Å². The Bertz CT molecular complexity index is 1220. The van der Waals surface area contributed by atoms with Gasteiger partial charge in [0, 0.05) is 11.1 Å². The molecule has 1 aromatic heterocycles. The molecule has 1 saturated heterocycles. The fourth-order valence-corrected chi connectivity index (χ4v) is 5.92. The molecule has 0 aromatic carbocycles. The third-order valence-corrected chi connectivity index (χ3v) is 7.55. The number of nitrogens with zero attached hydrogens (tertiary/aromatic N) is 3. The smallest absolute Gasteiger partial charge is 0.543 e. The minimum Gasteiger partial charge on any atom is -0.543 e. The molecule has 1 fully saturated rings. The van der Waals surface area contributed by atoms with E-state index < -0.39 is 74.8 Å². The summed E-state index contributed by atoms with van der Waals surface area (Å²) in [5.74, 6) is -6.14. The van der Waals surface area contributed by atoms with Gasteiger partial charge in [-0.3, -0.25) is 14.5 Å². The maximum Gasteiger partial charge on any atom is 1.00 e. The van der Waals surface area contributed by atoms with E-state index in [-0.39, 0.29) is 51.7 Å². The molecule has 1 aromatic rings. The number of aromatic nitrogens is 1. The first kappa shape index (κ1) is 29.0. The van der Waals surface area contributed by atoms with Crippen molar-refractivity contribution in [3.05, 3.63) is 22.3 Å². The topological polar surface area (TPSA) is 221 Å². The van der Waals surface area contributed by atoms with Crippen molar-refractivity contribution in [2.45, 2.75) is 11.4 Å². The van der Waals surface area contributed by atoms with Gasteiger partial charge in [-0.25, -0.2) is 22.6 Å². The molecule has 19 heteroatoms.